The van der Waals surface area contributed by atoms with Crippen LogP contribution in [0.2, 0.25) is 0 Å². The van der Waals surface area contributed by atoms with E-state index in [-0.39, 0.29) is 35.7 Å². The summed E-state index contributed by atoms with van der Waals surface area (Å²) in [5.74, 6) is -0.732. The molecule has 1 aliphatic carbocycles. The highest BCUT2D eigenvalue weighted by Crippen LogP contribution is 2.52. The summed E-state index contributed by atoms with van der Waals surface area (Å²) in [6.07, 6.45) is 1.65. The minimum absolute atomic E-state index is 0.156. The van der Waals surface area contributed by atoms with Gasteiger partial charge in [-0.25, -0.2) is 8.42 Å². The van der Waals surface area contributed by atoms with E-state index < -0.39 is 15.9 Å². The van der Waals surface area contributed by atoms with Gasteiger partial charge < -0.3 is 4.74 Å². The molecule has 1 aliphatic heterocycles. The quantitative estimate of drug-likeness (QED) is 0.573. The maximum Gasteiger partial charge on any atom is 0.243 e. The van der Waals surface area contributed by atoms with E-state index >= 15 is 0 Å². The molecule has 2 aliphatic rings. The molecule has 34 heavy (non-hydrogen) atoms. The van der Waals surface area contributed by atoms with Gasteiger partial charge in [-0.3, -0.25) is 0 Å². The number of nitrogens with zero attached hydrogens (tertiary/aromatic N) is 3. The van der Waals surface area contributed by atoms with Gasteiger partial charge in [0, 0.05) is 24.6 Å². The SMILES string of the molecule is C=CCOc1ccccc1[C@H]1[C@@H]2CN(S(=O)(=O)c3ccc(C)cc3)C[C@H]2C(C)=C(C#N)[C@H]1C#N. The highest BCUT2D eigenvalue weighted by molar-refractivity contribution is 7.89. The third-order valence-electron chi connectivity index (χ3n) is 7.00. The molecule has 0 spiro atoms. The predicted octanol–water partition coefficient (Wildman–Crippen LogP) is 4.57. The van der Waals surface area contributed by atoms with Gasteiger partial charge in [0.05, 0.1) is 23.0 Å². The van der Waals surface area contributed by atoms with Crippen molar-refractivity contribution in [3.8, 4) is 17.9 Å². The molecule has 1 fully saturated rings. The summed E-state index contributed by atoms with van der Waals surface area (Å²) in [5.41, 5.74) is 3.04. The summed E-state index contributed by atoms with van der Waals surface area (Å²) in [7, 11) is -3.72. The van der Waals surface area contributed by atoms with Gasteiger partial charge in [0.2, 0.25) is 10.0 Å². The number of para-hydroxylation sites is 1. The molecule has 0 unspecified atom stereocenters. The van der Waals surface area contributed by atoms with E-state index in [9.17, 15) is 18.9 Å². The molecule has 0 N–H and O–H groups in total. The molecular weight excluding hydrogens is 446 g/mol. The molecule has 4 rings (SSSR count). The zero-order valence-electron chi connectivity index (χ0n) is 19.3. The first-order valence-electron chi connectivity index (χ1n) is 11.2. The van der Waals surface area contributed by atoms with Crippen LogP contribution in [0.1, 0.15) is 24.0 Å². The third-order valence-corrected chi connectivity index (χ3v) is 8.84. The number of sulfonamides is 1. The smallest absolute Gasteiger partial charge is 0.243 e. The Kier molecular flexibility index (Phi) is 6.61. The lowest BCUT2D eigenvalue weighted by molar-refractivity contribution is 0.301. The van der Waals surface area contributed by atoms with E-state index in [1.807, 2.05) is 38.1 Å². The lowest BCUT2D eigenvalue weighted by Gasteiger charge is -2.38. The normalized spacial score (nSPS) is 24.7. The largest absolute Gasteiger partial charge is 0.489 e. The summed E-state index contributed by atoms with van der Waals surface area (Å²) in [5, 5.41) is 20.1. The second-order valence-corrected chi connectivity index (χ2v) is 10.8. The molecule has 1 saturated heterocycles. The number of nitriles is 2. The zero-order chi connectivity index (χ0) is 24.5. The molecule has 0 saturated carbocycles. The van der Waals surface area contributed by atoms with Crippen molar-refractivity contribution in [1.82, 2.24) is 4.31 Å². The summed E-state index contributed by atoms with van der Waals surface area (Å²) in [6.45, 7) is 8.34. The van der Waals surface area contributed by atoms with Gasteiger partial charge in [-0.1, -0.05) is 54.1 Å². The lowest BCUT2D eigenvalue weighted by Crippen LogP contribution is -2.34. The monoisotopic (exact) mass is 473 g/mol. The van der Waals surface area contributed by atoms with Crippen molar-refractivity contribution in [2.75, 3.05) is 19.7 Å². The van der Waals surface area contributed by atoms with Gasteiger partial charge in [-0.05, 0) is 49.4 Å². The predicted molar refractivity (Wildman–Crippen MR) is 129 cm³/mol. The Bertz CT molecular complexity index is 1320. The molecule has 2 aromatic rings. The Labute approximate surface area is 201 Å². The molecule has 0 radical (unpaired) electrons. The van der Waals surface area contributed by atoms with E-state index in [4.69, 9.17) is 4.74 Å². The number of hydrogen-bond acceptors (Lipinski definition) is 5. The van der Waals surface area contributed by atoms with Gasteiger partial charge in [0.1, 0.15) is 12.4 Å². The van der Waals surface area contributed by atoms with Crippen LogP contribution >= 0.6 is 0 Å². The summed E-state index contributed by atoms with van der Waals surface area (Å²) in [6, 6.07) is 18.9. The van der Waals surface area contributed by atoms with Gasteiger partial charge in [-0.15, -0.1) is 0 Å². The number of aryl methyl sites for hydroxylation is 1. The van der Waals surface area contributed by atoms with E-state index in [2.05, 4.69) is 18.7 Å². The van der Waals surface area contributed by atoms with Gasteiger partial charge >= 0.3 is 0 Å². The molecule has 0 amide bonds. The fraction of sp³-hybridized carbons (Fsp3) is 0.333. The second kappa shape index (κ2) is 9.46. The van der Waals surface area contributed by atoms with Crippen molar-refractivity contribution >= 4 is 10.0 Å². The Balaban J connectivity index is 1.80. The van der Waals surface area contributed by atoms with Crippen molar-refractivity contribution in [3.63, 3.8) is 0 Å². The van der Waals surface area contributed by atoms with Crippen molar-refractivity contribution in [2.24, 2.45) is 17.8 Å². The number of allylic oxidation sites excluding steroid dienone is 1. The van der Waals surface area contributed by atoms with Gasteiger partial charge in [0.25, 0.3) is 0 Å². The van der Waals surface area contributed by atoms with Gasteiger partial charge in [-0.2, -0.15) is 14.8 Å². The van der Waals surface area contributed by atoms with Crippen molar-refractivity contribution in [3.05, 3.63) is 83.5 Å². The molecule has 4 atom stereocenters. The number of hydrogen-bond donors (Lipinski definition) is 0. The van der Waals surface area contributed by atoms with Gasteiger partial charge in [0.15, 0.2) is 0 Å². The lowest BCUT2D eigenvalue weighted by atomic mass is 9.63. The zero-order valence-corrected chi connectivity index (χ0v) is 20.1. The Morgan fingerprint density at radius 3 is 2.47 bits per heavy atom. The molecule has 2 aromatic carbocycles. The van der Waals surface area contributed by atoms with Crippen molar-refractivity contribution in [2.45, 2.75) is 24.7 Å². The average Bonchev–Trinajstić information content (AvgIpc) is 3.30. The van der Waals surface area contributed by atoms with Crippen LogP contribution in [0.15, 0.2) is 77.2 Å². The number of ether oxygens (including phenoxy) is 1. The fourth-order valence-electron chi connectivity index (χ4n) is 5.29. The van der Waals surface area contributed by atoms with Crippen LogP contribution in [0.3, 0.4) is 0 Å². The number of benzene rings is 2. The highest BCUT2D eigenvalue weighted by atomic mass is 32.2. The minimum atomic E-state index is -3.72. The van der Waals surface area contributed by atoms with E-state index in [0.29, 0.717) is 17.9 Å². The molecule has 6 nitrogen and oxygen atoms in total. The minimum Gasteiger partial charge on any atom is -0.489 e. The molecular formula is C27H27N3O3S. The maximum atomic E-state index is 13.5. The van der Waals surface area contributed by atoms with Crippen molar-refractivity contribution in [1.29, 1.82) is 10.5 Å². The van der Waals surface area contributed by atoms with Crippen LogP contribution in [0.5, 0.6) is 5.75 Å². The van der Waals surface area contributed by atoms with Crippen LogP contribution in [0, 0.1) is 47.3 Å². The first-order chi connectivity index (χ1) is 16.3. The first kappa shape index (κ1) is 23.8. The second-order valence-electron chi connectivity index (χ2n) is 8.88. The van der Waals surface area contributed by atoms with Crippen LogP contribution in [-0.4, -0.2) is 32.4 Å². The molecule has 0 aromatic heterocycles. The Hall–Kier alpha value is -3.39. The maximum absolute atomic E-state index is 13.5. The standard InChI is InChI=1S/C27H27N3O3S/c1-4-13-33-26-8-6-5-7-21(26)27-23(15-29)22(14-28)19(3)24-16-30(17-25(24)27)34(31,32)20-11-9-18(2)10-12-20/h4-12,23-25,27H,1,13,16-17H2,2-3H3/t23-,24+,25-,27-/m1/s1. The van der Waals surface area contributed by atoms with E-state index in [1.165, 1.54) is 4.31 Å². The Morgan fingerprint density at radius 1 is 1.12 bits per heavy atom. The third kappa shape index (κ3) is 4.03. The Morgan fingerprint density at radius 2 is 1.82 bits per heavy atom. The molecule has 1 heterocycles. The average molecular weight is 474 g/mol. The van der Waals surface area contributed by atoms with E-state index in [1.54, 1.807) is 30.3 Å². The number of rotatable bonds is 6. The first-order valence-corrected chi connectivity index (χ1v) is 12.7. The molecule has 0 bridgehead atoms. The van der Waals surface area contributed by atoms with E-state index in [0.717, 1.165) is 16.7 Å². The fourth-order valence-corrected chi connectivity index (χ4v) is 6.79. The van der Waals surface area contributed by atoms with Crippen molar-refractivity contribution < 1.29 is 13.2 Å². The summed E-state index contributed by atoms with van der Waals surface area (Å²) < 4.78 is 34.4. The highest BCUT2D eigenvalue weighted by Gasteiger charge is 2.51. The van der Waals surface area contributed by atoms with Crippen LogP contribution < -0.4 is 4.74 Å². The van der Waals surface area contributed by atoms with Crippen LogP contribution in [-0.2, 0) is 10.0 Å². The molecule has 7 heteroatoms. The van der Waals surface area contributed by atoms with Crippen LogP contribution in [0.25, 0.3) is 0 Å². The topological polar surface area (TPSA) is 94.2 Å². The van der Waals surface area contributed by atoms with Crippen LogP contribution in [0.4, 0.5) is 0 Å². The summed E-state index contributed by atoms with van der Waals surface area (Å²) >= 11 is 0. The molecule has 174 valence electrons. The number of fused-ring (bicyclic) bond motifs is 1. The summed E-state index contributed by atoms with van der Waals surface area (Å²) in [4.78, 5) is 0.252.